The summed E-state index contributed by atoms with van der Waals surface area (Å²) in [5.74, 6) is 1.20. The van der Waals surface area contributed by atoms with Crippen molar-refractivity contribution in [3.8, 4) is 102 Å². The molecule has 0 bridgehead atoms. The molecule has 7 nitrogen and oxygen atoms in total. The third-order valence-corrected chi connectivity index (χ3v) is 16.6. The van der Waals surface area contributed by atoms with Gasteiger partial charge in [-0.05, 0) is 185 Å². The molecular formula is C79H59N7. The zero-order valence-electron chi connectivity index (χ0n) is 49.3. The van der Waals surface area contributed by atoms with E-state index in [1.807, 2.05) is 66.7 Å². The van der Waals surface area contributed by atoms with Crippen molar-refractivity contribution in [2.45, 2.75) is 55.4 Å². The minimum atomic E-state index is 0.376. The van der Waals surface area contributed by atoms with Crippen LogP contribution in [0.4, 0.5) is 0 Å². The number of fused-ring (bicyclic) bond motifs is 6. The van der Waals surface area contributed by atoms with Gasteiger partial charge >= 0.3 is 0 Å². The van der Waals surface area contributed by atoms with Gasteiger partial charge in [0.05, 0.1) is 56.7 Å². The minimum Gasteiger partial charge on any atom is -0.308 e. The molecule has 0 saturated heterocycles. The predicted octanol–water partition coefficient (Wildman–Crippen LogP) is 19.9. The molecule has 3 aromatic heterocycles. The lowest BCUT2D eigenvalue weighted by Crippen LogP contribution is -2.06. The van der Waals surface area contributed by atoms with E-state index in [1.165, 1.54) is 44.5 Å². The van der Waals surface area contributed by atoms with Crippen LogP contribution in [0.25, 0.3) is 134 Å². The Labute approximate surface area is 501 Å². The first-order valence-electron chi connectivity index (χ1n) is 29.1. The molecular weight excluding hydrogens is 1050 g/mol. The number of hydrogen-bond donors (Lipinski definition) is 0. The molecule has 3 heterocycles. The van der Waals surface area contributed by atoms with Crippen molar-refractivity contribution in [2.24, 2.45) is 0 Å². The highest BCUT2D eigenvalue weighted by Gasteiger charge is 2.25. The summed E-state index contributed by atoms with van der Waals surface area (Å²) in [7, 11) is 0. The van der Waals surface area contributed by atoms with Crippen LogP contribution in [0.2, 0.25) is 0 Å². The molecule has 0 aliphatic carbocycles. The van der Waals surface area contributed by atoms with Gasteiger partial charge in [0.2, 0.25) is 0 Å². The van der Waals surface area contributed by atoms with Gasteiger partial charge in [-0.3, -0.25) is 0 Å². The second kappa shape index (κ2) is 21.0. The van der Waals surface area contributed by atoms with Crippen LogP contribution in [-0.4, -0.2) is 24.1 Å². The first kappa shape index (κ1) is 53.0. The van der Waals surface area contributed by atoms with Gasteiger partial charge in [0.15, 0.2) is 17.5 Å². The molecule has 11 aromatic carbocycles. The Balaban J connectivity index is 1.02. The fourth-order valence-electron chi connectivity index (χ4n) is 13.1. The molecule has 0 atom stereocenters. The fraction of sp³-hybridized carbons (Fsp3) is 0.101. The summed E-state index contributed by atoms with van der Waals surface area (Å²) in [6, 6.07) is 80.3. The number of aromatic nitrogens is 5. The highest BCUT2D eigenvalue weighted by Crippen LogP contribution is 2.43. The lowest BCUT2D eigenvalue weighted by Gasteiger charge is -2.17. The van der Waals surface area contributed by atoms with Crippen LogP contribution in [-0.2, 0) is 0 Å². The minimum absolute atomic E-state index is 0.376. The molecule has 0 N–H and O–H groups in total. The maximum atomic E-state index is 10.7. The molecule has 14 aromatic rings. The first-order chi connectivity index (χ1) is 41.7. The lowest BCUT2D eigenvalue weighted by molar-refractivity contribution is 1.06. The van der Waals surface area contributed by atoms with Gasteiger partial charge in [-0.25, -0.2) is 15.0 Å². The van der Waals surface area contributed by atoms with E-state index in [0.29, 0.717) is 39.7 Å². The standard InChI is InChI=1S/C79H59N7/c1-46-26-47(2)31-61(30-46)57-16-22-71-65(40-57)66-41-58(62-32-48(3)27-49(4)33-62)17-23-72(66)85(71)75-20-14-54(44-80)38-69(75)78-82-77(56-12-10-9-11-13-56)83-79(84-78)70-39-55(45-81)15-21-76(70)86-73-24-18-59(63-34-50(5)28-51(6)35-63)42-67(73)68-43-60(19-25-74(68)86)64-36-52(7)29-53(8)37-64/h9-43H,1-8H3. The number of benzene rings is 11. The molecule has 0 aliphatic rings. The van der Waals surface area contributed by atoms with Crippen LogP contribution in [0.5, 0.6) is 0 Å². The Morgan fingerprint density at radius 3 is 0.849 bits per heavy atom. The quantitative estimate of drug-likeness (QED) is 0.143. The molecule has 0 saturated carbocycles. The van der Waals surface area contributed by atoms with E-state index >= 15 is 0 Å². The zero-order chi connectivity index (χ0) is 59.1. The van der Waals surface area contributed by atoms with Crippen LogP contribution in [0.1, 0.15) is 55.6 Å². The summed E-state index contributed by atoms with van der Waals surface area (Å²) >= 11 is 0. The van der Waals surface area contributed by atoms with Crippen molar-refractivity contribution >= 4 is 43.6 Å². The van der Waals surface area contributed by atoms with Gasteiger partial charge in [0.25, 0.3) is 0 Å². The highest BCUT2D eigenvalue weighted by molar-refractivity contribution is 6.13. The topological polar surface area (TPSA) is 96.1 Å². The number of aryl methyl sites for hydroxylation is 8. The summed E-state index contributed by atoms with van der Waals surface area (Å²) in [5.41, 5.74) is 27.3. The molecule has 0 radical (unpaired) electrons. The van der Waals surface area contributed by atoms with Crippen LogP contribution in [0.15, 0.2) is 212 Å². The summed E-state index contributed by atoms with van der Waals surface area (Å²) in [4.78, 5) is 16.3. The van der Waals surface area contributed by atoms with E-state index in [1.54, 1.807) is 0 Å². The van der Waals surface area contributed by atoms with Crippen molar-refractivity contribution in [1.29, 1.82) is 10.5 Å². The Bertz CT molecular complexity index is 4630. The zero-order valence-corrected chi connectivity index (χ0v) is 49.3. The van der Waals surface area contributed by atoms with Gasteiger partial charge in [-0.15, -0.1) is 0 Å². The van der Waals surface area contributed by atoms with Crippen LogP contribution in [0.3, 0.4) is 0 Å². The van der Waals surface area contributed by atoms with E-state index in [2.05, 4.69) is 222 Å². The largest absolute Gasteiger partial charge is 0.308 e. The van der Waals surface area contributed by atoms with Crippen LogP contribution >= 0.6 is 0 Å². The first-order valence-corrected chi connectivity index (χ1v) is 29.1. The summed E-state index contributed by atoms with van der Waals surface area (Å²) < 4.78 is 4.59. The third-order valence-electron chi connectivity index (χ3n) is 16.6. The fourth-order valence-corrected chi connectivity index (χ4v) is 13.1. The molecule has 86 heavy (non-hydrogen) atoms. The van der Waals surface area contributed by atoms with Crippen molar-refractivity contribution in [3.63, 3.8) is 0 Å². The monoisotopic (exact) mass is 1110 g/mol. The summed E-state index contributed by atoms with van der Waals surface area (Å²) in [5, 5.41) is 25.8. The van der Waals surface area contributed by atoms with Crippen molar-refractivity contribution in [1.82, 2.24) is 24.1 Å². The molecule has 7 heteroatoms. The third kappa shape index (κ3) is 9.56. The maximum absolute atomic E-state index is 10.7. The van der Waals surface area contributed by atoms with E-state index in [-0.39, 0.29) is 0 Å². The van der Waals surface area contributed by atoms with E-state index in [0.717, 1.165) is 105 Å². The van der Waals surface area contributed by atoms with E-state index in [4.69, 9.17) is 15.0 Å². The number of rotatable bonds is 9. The molecule has 0 amide bonds. The Morgan fingerprint density at radius 2 is 0.558 bits per heavy atom. The average molecular weight is 1110 g/mol. The Morgan fingerprint density at radius 1 is 0.267 bits per heavy atom. The smallest absolute Gasteiger partial charge is 0.166 e. The number of hydrogen-bond acceptors (Lipinski definition) is 5. The van der Waals surface area contributed by atoms with Gasteiger partial charge < -0.3 is 9.13 Å². The number of nitriles is 2. The maximum Gasteiger partial charge on any atom is 0.166 e. The van der Waals surface area contributed by atoms with Gasteiger partial charge in [0.1, 0.15) is 0 Å². The molecule has 0 aliphatic heterocycles. The molecule has 410 valence electrons. The van der Waals surface area contributed by atoms with Gasteiger partial charge in [-0.1, -0.05) is 172 Å². The normalized spacial score (nSPS) is 11.5. The van der Waals surface area contributed by atoms with Gasteiger partial charge in [0, 0.05) is 38.2 Å². The molecule has 0 spiro atoms. The number of nitrogens with zero attached hydrogens (tertiary/aromatic N) is 7. The molecule has 14 rings (SSSR count). The van der Waals surface area contributed by atoms with E-state index < -0.39 is 0 Å². The predicted molar refractivity (Wildman–Crippen MR) is 354 cm³/mol. The van der Waals surface area contributed by atoms with Crippen molar-refractivity contribution in [3.05, 3.63) is 268 Å². The molecule has 0 unspecified atom stereocenters. The lowest BCUT2D eigenvalue weighted by atomic mass is 9.97. The average Bonchev–Trinajstić information content (AvgIpc) is 1.94. The molecule has 0 fully saturated rings. The Kier molecular flexibility index (Phi) is 13.0. The van der Waals surface area contributed by atoms with Crippen molar-refractivity contribution in [2.75, 3.05) is 0 Å². The van der Waals surface area contributed by atoms with E-state index in [9.17, 15) is 10.5 Å². The van der Waals surface area contributed by atoms with Gasteiger partial charge in [-0.2, -0.15) is 10.5 Å². The van der Waals surface area contributed by atoms with Crippen LogP contribution in [0, 0.1) is 78.1 Å². The highest BCUT2D eigenvalue weighted by atomic mass is 15.1. The van der Waals surface area contributed by atoms with Crippen LogP contribution < -0.4 is 0 Å². The Hall–Kier alpha value is -11.0. The second-order valence-corrected chi connectivity index (χ2v) is 23.5. The SMILES string of the molecule is Cc1cc(C)cc(-c2ccc3c(c2)c2cc(-c4cc(C)cc(C)c4)ccc2n3-c2ccc(C#N)cc2-c2nc(-c3ccccc3)nc(-c3cc(C#N)ccc3-n3c4ccc(-c5cc(C)cc(C)c5)cc4c4cc(-c5cc(C)cc(C)c5)ccc43)n2)c1. The summed E-state index contributed by atoms with van der Waals surface area (Å²) in [6.45, 7) is 17.2. The van der Waals surface area contributed by atoms with Crippen molar-refractivity contribution < 1.29 is 0 Å². The summed E-state index contributed by atoms with van der Waals surface area (Å²) in [6.07, 6.45) is 0. The second-order valence-electron chi connectivity index (χ2n) is 23.5.